The van der Waals surface area contributed by atoms with Gasteiger partial charge in [0.1, 0.15) is 17.8 Å². The van der Waals surface area contributed by atoms with Crippen molar-refractivity contribution in [1.29, 1.82) is 0 Å². The summed E-state index contributed by atoms with van der Waals surface area (Å²) < 4.78 is 24.0. The molecule has 0 bridgehead atoms. The molecule has 4 rings (SSSR count). The lowest BCUT2D eigenvalue weighted by Crippen LogP contribution is -2.42. The van der Waals surface area contributed by atoms with Crippen molar-refractivity contribution in [3.8, 4) is 11.5 Å². The largest absolute Gasteiger partial charge is 0.468 e. The first-order chi connectivity index (χ1) is 14.7. The molecule has 1 saturated heterocycles. The van der Waals surface area contributed by atoms with Gasteiger partial charge in [-0.05, 0) is 62.3 Å². The lowest BCUT2D eigenvalue weighted by atomic mass is 10.2. The van der Waals surface area contributed by atoms with Gasteiger partial charge in [-0.15, -0.1) is 0 Å². The Bertz CT molecular complexity index is 934. The zero-order chi connectivity index (χ0) is 20.8. The SMILES string of the molecule is O=C(NCCc1coc(-c2ccc(F)cc2)n1)NCC(c1ccco1)N1CCCC1. The third-order valence-corrected chi connectivity index (χ3v) is 5.22. The van der Waals surface area contributed by atoms with Crippen LogP contribution in [0.2, 0.25) is 0 Å². The van der Waals surface area contributed by atoms with Crippen LogP contribution in [0.5, 0.6) is 0 Å². The number of benzene rings is 1. The lowest BCUT2D eigenvalue weighted by Gasteiger charge is -2.26. The van der Waals surface area contributed by atoms with Crippen molar-refractivity contribution in [2.24, 2.45) is 0 Å². The van der Waals surface area contributed by atoms with E-state index < -0.39 is 0 Å². The number of carbonyl (C=O) groups excluding carboxylic acids is 1. The monoisotopic (exact) mass is 412 g/mol. The number of furan rings is 1. The molecule has 1 aliphatic heterocycles. The molecule has 0 spiro atoms. The van der Waals surface area contributed by atoms with Gasteiger partial charge in [0.05, 0.1) is 18.0 Å². The van der Waals surface area contributed by atoms with Crippen LogP contribution in [-0.4, -0.2) is 42.1 Å². The number of urea groups is 1. The maximum atomic E-state index is 13.0. The number of carbonyl (C=O) groups is 1. The molecular formula is C22H25FN4O3. The van der Waals surface area contributed by atoms with Gasteiger partial charge in [-0.25, -0.2) is 14.2 Å². The highest BCUT2D eigenvalue weighted by atomic mass is 19.1. The topological polar surface area (TPSA) is 83.5 Å². The van der Waals surface area contributed by atoms with E-state index in [9.17, 15) is 9.18 Å². The van der Waals surface area contributed by atoms with Crippen molar-refractivity contribution in [3.63, 3.8) is 0 Å². The van der Waals surface area contributed by atoms with Gasteiger partial charge in [-0.1, -0.05) is 0 Å². The van der Waals surface area contributed by atoms with Gasteiger partial charge in [0, 0.05) is 25.1 Å². The van der Waals surface area contributed by atoms with Crippen LogP contribution in [-0.2, 0) is 6.42 Å². The van der Waals surface area contributed by atoms with E-state index in [4.69, 9.17) is 8.83 Å². The van der Waals surface area contributed by atoms with Gasteiger partial charge in [0.25, 0.3) is 0 Å². The normalized spacial score (nSPS) is 15.2. The van der Waals surface area contributed by atoms with Gasteiger partial charge in [-0.2, -0.15) is 0 Å². The molecule has 2 amide bonds. The van der Waals surface area contributed by atoms with Crippen LogP contribution in [0.15, 0.2) is 57.8 Å². The Labute approximate surface area is 174 Å². The van der Waals surface area contributed by atoms with Crippen LogP contribution in [0.25, 0.3) is 11.5 Å². The molecule has 3 aromatic rings. The van der Waals surface area contributed by atoms with Crippen molar-refractivity contribution in [1.82, 2.24) is 20.5 Å². The minimum Gasteiger partial charge on any atom is -0.468 e. The standard InChI is InChI=1S/C22H25FN4O3/c23-17-7-5-16(6-8-17)21-26-18(15-30-21)9-10-24-22(28)25-14-19(20-4-3-13-29-20)27-11-1-2-12-27/h3-8,13,15,19H,1-2,9-12,14H2,(H2,24,25,28). The molecule has 8 heteroatoms. The number of hydrogen-bond acceptors (Lipinski definition) is 5. The molecule has 1 fully saturated rings. The average Bonchev–Trinajstić information content (AvgIpc) is 3.52. The van der Waals surface area contributed by atoms with Crippen LogP contribution in [0, 0.1) is 5.82 Å². The fraction of sp³-hybridized carbons (Fsp3) is 0.364. The average molecular weight is 412 g/mol. The first-order valence-electron chi connectivity index (χ1n) is 10.2. The summed E-state index contributed by atoms with van der Waals surface area (Å²) in [6.07, 6.45) is 6.09. The molecule has 1 aliphatic rings. The molecular weight excluding hydrogens is 387 g/mol. The fourth-order valence-corrected chi connectivity index (χ4v) is 3.65. The highest BCUT2D eigenvalue weighted by Crippen LogP contribution is 2.24. The molecule has 158 valence electrons. The van der Waals surface area contributed by atoms with Gasteiger partial charge < -0.3 is 19.5 Å². The number of likely N-dealkylation sites (tertiary alicyclic amines) is 1. The Morgan fingerprint density at radius 3 is 2.67 bits per heavy atom. The third-order valence-electron chi connectivity index (χ3n) is 5.22. The minimum atomic E-state index is -0.306. The molecule has 0 saturated carbocycles. The summed E-state index contributed by atoms with van der Waals surface area (Å²) in [4.78, 5) is 19.0. The number of nitrogens with one attached hydrogen (secondary N) is 2. The first kappa shape index (κ1) is 20.2. The molecule has 1 atom stereocenters. The molecule has 2 N–H and O–H groups in total. The van der Waals surface area contributed by atoms with E-state index in [2.05, 4.69) is 20.5 Å². The van der Waals surface area contributed by atoms with Crippen molar-refractivity contribution < 1.29 is 18.0 Å². The summed E-state index contributed by atoms with van der Waals surface area (Å²) >= 11 is 0. The van der Waals surface area contributed by atoms with Gasteiger partial charge >= 0.3 is 6.03 Å². The van der Waals surface area contributed by atoms with E-state index in [1.54, 1.807) is 24.7 Å². The minimum absolute atomic E-state index is 0.0436. The van der Waals surface area contributed by atoms with E-state index in [1.807, 2.05) is 12.1 Å². The second-order valence-electron chi connectivity index (χ2n) is 7.31. The van der Waals surface area contributed by atoms with Crippen LogP contribution in [0.4, 0.5) is 9.18 Å². The van der Waals surface area contributed by atoms with E-state index in [1.165, 1.54) is 25.0 Å². The number of aromatic nitrogens is 1. The molecule has 2 aromatic heterocycles. The second-order valence-corrected chi connectivity index (χ2v) is 7.31. The number of nitrogens with zero attached hydrogens (tertiary/aromatic N) is 2. The van der Waals surface area contributed by atoms with E-state index in [0.29, 0.717) is 31.0 Å². The summed E-state index contributed by atoms with van der Waals surface area (Å²) in [6, 6.07) is 9.60. The Kier molecular flexibility index (Phi) is 6.44. The Hall–Kier alpha value is -3.13. The van der Waals surface area contributed by atoms with Crippen LogP contribution >= 0.6 is 0 Å². The molecule has 7 nitrogen and oxygen atoms in total. The Balaban J connectivity index is 1.23. The van der Waals surface area contributed by atoms with Crippen molar-refractivity contribution in [2.75, 3.05) is 26.2 Å². The summed E-state index contributed by atoms with van der Waals surface area (Å²) in [5.74, 6) is 0.995. The zero-order valence-corrected chi connectivity index (χ0v) is 16.6. The fourth-order valence-electron chi connectivity index (χ4n) is 3.65. The number of hydrogen-bond donors (Lipinski definition) is 2. The van der Waals surface area contributed by atoms with Gasteiger partial charge in [0.2, 0.25) is 5.89 Å². The molecule has 0 radical (unpaired) electrons. The van der Waals surface area contributed by atoms with Crippen molar-refractivity contribution >= 4 is 6.03 Å². The van der Waals surface area contributed by atoms with E-state index >= 15 is 0 Å². The highest BCUT2D eigenvalue weighted by molar-refractivity contribution is 5.73. The van der Waals surface area contributed by atoms with E-state index in [0.717, 1.165) is 24.5 Å². The molecule has 3 heterocycles. The Morgan fingerprint density at radius 2 is 1.93 bits per heavy atom. The number of halogens is 1. The van der Waals surface area contributed by atoms with Gasteiger partial charge in [-0.3, -0.25) is 4.90 Å². The van der Waals surface area contributed by atoms with E-state index in [-0.39, 0.29) is 17.9 Å². The first-order valence-corrected chi connectivity index (χ1v) is 10.2. The lowest BCUT2D eigenvalue weighted by molar-refractivity contribution is 0.203. The Morgan fingerprint density at radius 1 is 1.13 bits per heavy atom. The van der Waals surface area contributed by atoms with Crippen molar-refractivity contribution in [3.05, 3.63) is 66.2 Å². The number of amides is 2. The van der Waals surface area contributed by atoms with Crippen LogP contribution < -0.4 is 10.6 Å². The second kappa shape index (κ2) is 9.58. The molecule has 1 unspecified atom stereocenters. The smallest absolute Gasteiger partial charge is 0.314 e. The maximum absolute atomic E-state index is 13.0. The van der Waals surface area contributed by atoms with Crippen LogP contribution in [0.1, 0.15) is 30.3 Å². The highest BCUT2D eigenvalue weighted by Gasteiger charge is 2.25. The summed E-state index contributed by atoms with van der Waals surface area (Å²) in [6.45, 7) is 2.93. The van der Waals surface area contributed by atoms with Crippen molar-refractivity contribution in [2.45, 2.75) is 25.3 Å². The quantitative estimate of drug-likeness (QED) is 0.589. The summed E-state index contributed by atoms with van der Waals surface area (Å²) in [7, 11) is 0. The summed E-state index contributed by atoms with van der Waals surface area (Å²) in [5, 5.41) is 5.79. The molecule has 30 heavy (non-hydrogen) atoms. The predicted molar refractivity (Wildman–Crippen MR) is 109 cm³/mol. The zero-order valence-electron chi connectivity index (χ0n) is 16.6. The number of rotatable bonds is 8. The maximum Gasteiger partial charge on any atom is 0.314 e. The summed E-state index contributed by atoms with van der Waals surface area (Å²) in [5.41, 5.74) is 1.43. The van der Waals surface area contributed by atoms with Crippen LogP contribution in [0.3, 0.4) is 0 Å². The third kappa shape index (κ3) is 5.07. The predicted octanol–water partition coefficient (Wildman–Crippen LogP) is 3.75. The van der Waals surface area contributed by atoms with Gasteiger partial charge in [0.15, 0.2) is 0 Å². The molecule has 1 aromatic carbocycles. The number of oxazole rings is 1. The molecule has 0 aliphatic carbocycles.